The fraction of sp³-hybridized carbons (Fsp3) is 0.529. The zero-order valence-electron chi connectivity index (χ0n) is 14.2. The summed E-state index contributed by atoms with van der Waals surface area (Å²) in [7, 11) is 0. The lowest BCUT2D eigenvalue weighted by molar-refractivity contribution is -0.137. The number of rotatable bonds is 2. The maximum absolute atomic E-state index is 13.2. The molecule has 0 aliphatic carbocycles. The molecule has 2 unspecified atom stereocenters. The molecular weight excluding hydrogens is 371 g/mol. The van der Waals surface area contributed by atoms with Crippen LogP contribution >= 0.6 is 12.4 Å². The Kier molecular flexibility index (Phi) is 6.18. The van der Waals surface area contributed by atoms with Gasteiger partial charge in [-0.2, -0.15) is 13.2 Å². The Labute approximate surface area is 155 Å². The zero-order chi connectivity index (χ0) is 18.2. The molecule has 2 aliphatic heterocycles. The molecule has 0 spiro atoms. The Hall–Kier alpha value is -1.80. The quantitative estimate of drug-likeness (QED) is 0.814. The van der Waals surface area contributed by atoms with E-state index in [2.05, 4.69) is 10.6 Å². The van der Waals surface area contributed by atoms with Crippen molar-refractivity contribution < 1.29 is 22.8 Å². The minimum Gasteiger partial charge on any atom is -0.331 e. The number of alkyl halides is 3. The van der Waals surface area contributed by atoms with Crippen LogP contribution in [0.5, 0.6) is 0 Å². The predicted octanol–water partition coefficient (Wildman–Crippen LogP) is 3.05. The summed E-state index contributed by atoms with van der Waals surface area (Å²) in [4.78, 5) is 25.9. The van der Waals surface area contributed by atoms with Gasteiger partial charge in [-0.15, -0.1) is 12.4 Å². The minimum absolute atomic E-state index is 0. The number of hydrogen-bond donors (Lipinski definition) is 2. The molecule has 5 nitrogen and oxygen atoms in total. The van der Waals surface area contributed by atoms with Gasteiger partial charge in [-0.3, -0.25) is 9.59 Å². The van der Waals surface area contributed by atoms with Crippen molar-refractivity contribution in [2.75, 3.05) is 18.4 Å². The van der Waals surface area contributed by atoms with Gasteiger partial charge in [0, 0.05) is 36.8 Å². The first-order valence-corrected chi connectivity index (χ1v) is 8.29. The molecule has 144 valence electrons. The predicted molar refractivity (Wildman–Crippen MR) is 93.5 cm³/mol. The van der Waals surface area contributed by atoms with Crippen molar-refractivity contribution in [2.45, 2.75) is 44.4 Å². The largest absolute Gasteiger partial charge is 0.416 e. The molecule has 2 bridgehead atoms. The maximum atomic E-state index is 13.2. The summed E-state index contributed by atoms with van der Waals surface area (Å²) < 4.78 is 39.5. The van der Waals surface area contributed by atoms with Gasteiger partial charge >= 0.3 is 6.18 Å². The minimum atomic E-state index is -4.59. The lowest BCUT2D eigenvalue weighted by Gasteiger charge is -2.28. The number of anilines is 1. The molecule has 0 aromatic heterocycles. The molecule has 2 aliphatic rings. The number of nitrogens with one attached hydrogen (secondary N) is 2. The smallest absolute Gasteiger partial charge is 0.331 e. The van der Waals surface area contributed by atoms with Crippen LogP contribution in [-0.4, -0.2) is 41.9 Å². The van der Waals surface area contributed by atoms with Crippen LogP contribution in [0.3, 0.4) is 0 Å². The van der Waals surface area contributed by atoms with E-state index in [1.807, 2.05) is 0 Å². The van der Waals surface area contributed by atoms with Crippen LogP contribution in [-0.2, 0) is 11.0 Å². The summed E-state index contributed by atoms with van der Waals surface area (Å²) in [5.74, 6) is -0.898. The Morgan fingerprint density at radius 1 is 1.15 bits per heavy atom. The van der Waals surface area contributed by atoms with Gasteiger partial charge in [0.05, 0.1) is 5.56 Å². The Balaban J connectivity index is 0.00000243. The van der Waals surface area contributed by atoms with E-state index in [1.54, 1.807) is 4.90 Å². The molecule has 2 amide bonds. The van der Waals surface area contributed by atoms with Gasteiger partial charge in [-0.1, -0.05) is 0 Å². The second-order valence-corrected chi connectivity index (χ2v) is 6.57. The number of amides is 2. The summed E-state index contributed by atoms with van der Waals surface area (Å²) >= 11 is 0. The molecule has 3 rings (SSSR count). The third kappa shape index (κ3) is 4.29. The summed E-state index contributed by atoms with van der Waals surface area (Å²) in [5.41, 5.74) is -1.01. The van der Waals surface area contributed by atoms with Gasteiger partial charge in [0.15, 0.2) is 0 Å². The average Bonchev–Trinajstić information content (AvgIpc) is 2.77. The Morgan fingerprint density at radius 3 is 2.50 bits per heavy atom. The van der Waals surface area contributed by atoms with Gasteiger partial charge in [-0.25, -0.2) is 0 Å². The molecule has 2 atom stereocenters. The van der Waals surface area contributed by atoms with Crippen LogP contribution in [0.2, 0.25) is 0 Å². The van der Waals surface area contributed by atoms with Crippen molar-refractivity contribution in [1.82, 2.24) is 10.2 Å². The normalized spacial score (nSPS) is 22.4. The number of nitrogens with zero attached hydrogens (tertiary/aromatic N) is 1. The second-order valence-electron chi connectivity index (χ2n) is 6.57. The van der Waals surface area contributed by atoms with Crippen molar-refractivity contribution in [3.05, 3.63) is 29.3 Å². The van der Waals surface area contributed by atoms with E-state index < -0.39 is 23.6 Å². The van der Waals surface area contributed by atoms with Crippen LogP contribution in [0.25, 0.3) is 0 Å². The highest BCUT2D eigenvalue weighted by Gasteiger charge is 2.39. The van der Waals surface area contributed by atoms with E-state index in [4.69, 9.17) is 0 Å². The lowest BCUT2D eigenvalue weighted by atomic mass is 10.1. The maximum Gasteiger partial charge on any atom is 0.416 e. The van der Waals surface area contributed by atoms with E-state index in [0.29, 0.717) is 6.54 Å². The molecule has 1 aromatic rings. The molecule has 0 saturated carbocycles. The molecule has 2 N–H and O–H groups in total. The topological polar surface area (TPSA) is 61.4 Å². The van der Waals surface area contributed by atoms with Crippen LogP contribution in [0, 0.1) is 0 Å². The monoisotopic (exact) mass is 391 g/mol. The first-order chi connectivity index (χ1) is 11.8. The zero-order valence-corrected chi connectivity index (χ0v) is 15.0. The number of carbonyl (C=O) groups excluding carboxylic acids is 2. The molecule has 2 fully saturated rings. The Bertz CT molecular complexity index is 682. The van der Waals surface area contributed by atoms with Crippen LogP contribution in [0.1, 0.15) is 42.1 Å². The Morgan fingerprint density at radius 2 is 1.85 bits per heavy atom. The molecular formula is C17H21ClF3N3O2. The van der Waals surface area contributed by atoms with Crippen molar-refractivity contribution >= 4 is 29.9 Å². The molecule has 9 heteroatoms. The highest BCUT2D eigenvalue weighted by molar-refractivity contribution is 5.97. The number of hydrogen-bond acceptors (Lipinski definition) is 3. The molecule has 2 saturated heterocycles. The third-order valence-corrected chi connectivity index (χ3v) is 4.72. The average molecular weight is 392 g/mol. The lowest BCUT2D eigenvalue weighted by Crippen LogP contribution is -2.42. The van der Waals surface area contributed by atoms with Gasteiger partial charge in [0.2, 0.25) is 5.91 Å². The van der Waals surface area contributed by atoms with Gasteiger partial charge < -0.3 is 15.5 Å². The van der Waals surface area contributed by atoms with Gasteiger partial charge in [0.25, 0.3) is 5.91 Å². The summed E-state index contributed by atoms with van der Waals surface area (Å²) in [6.45, 7) is 2.66. The number of fused-ring (bicyclic) bond motifs is 2. The molecule has 26 heavy (non-hydrogen) atoms. The first kappa shape index (κ1) is 20.5. The fourth-order valence-electron chi connectivity index (χ4n) is 3.65. The number of benzene rings is 1. The van der Waals surface area contributed by atoms with Crippen LogP contribution in [0.4, 0.5) is 18.9 Å². The van der Waals surface area contributed by atoms with Crippen molar-refractivity contribution in [2.24, 2.45) is 0 Å². The van der Waals surface area contributed by atoms with Gasteiger partial charge in [-0.05, 0) is 44.0 Å². The van der Waals surface area contributed by atoms with E-state index >= 15 is 0 Å². The summed E-state index contributed by atoms with van der Waals surface area (Å²) in [6, 6.07) is 3.07. The highest BCUT2D eigenvalue weighted by Crippen LogP contribution is 2.34. The van der Waals surface area contributed by atoms with Crippen LogP contribution in [0.15, 0.2) is 18.2 Å². The number of halogens is 4. The van der Waals surface area contributed by atoms with E-state index in [0.717, 1.165) is 37.9 Å². The highest BCUT2D eigenvalue weighted by atomic mass is 35.5. The van der Waals surface area contributed by atoms with Gasteiger partial charge in [0.1, 0.15) is 0 Å². The van der Waals surface area contributed by atoms with E-state index in [-0.39, 0.29) is 35.7 Å². The van der Waals surface area contributed by atoms with E-state index in [1.165, 1.54) is 13.0 Å². The van der Waals surface area contributed by atoms with Crippen molar-refractivity contribution in [3.8, 4) is 0 Å². The SMILES string of the molecule is CC(=O)Nc1cc(C(=O)N2C3CCNCC2CC3)cc(C(F)(F)F)c1.Cl. The first-order valence-electron chi connectivity index (χ1n) is 8.29. The van der Waals surface area contributed by atoms with Crippen molar-refractivity contribution in [3.63, 3.8) is 0 Å². The second kappa shape index (κ2) is 7.84. The molecule has 1 aromatic carbocycles. The summed E-state index contributed by atoms with van der Waals surface area (Å²) in [6.07, 6.45) is -2.08. The molecule has 0 radical (unpaired) electrons. The number of carbonyl (C=O) groups is 2. The third-order valence-electron chi connectivity index (χ3n) is 4.72. The summed E-state index contributed by atoms with van der Waals surface area (Å²) in [5, 5.41) is 5.60. The van der Waals surface area contributed by atoms with Crippen LogP contribution < -0.4 is 10.6 Å². The van der Waals surface area contributed by atoms with Crippen molar-refractivity contribution in [1.29, 1.82) is 0 Å². The fourth-order valence-corrected chi connectivity index (χ4v) is 3.65. The molecule has 2 heterocycles. The standard InChI is InChI=1S/C17H20F3N3O2.ClH/c1-10(24)22-13-7-11(6-12(8-13)17(18,19)20)16(25)23-14-2-3-15(23)9-21-5-4-14;/h6-8,14-15,21H,2-5,9H2,1H3,(H,22,24);1H. The van der Waals surface area contributed by atoms with E-state index in [9.17, 15) is 22.8 Å².